The number of rotatable bonds is 3. The van der Waals surface area contributed by atoms with Gasteiger partial charge in [-0.25, -0.2) is 0 Å². The fourth-order valence-electron chi connectivity index (χ4n) is 3.58. The van der Waals surface area contributed by atoms with Gasteiger partial charge < -0.3 is 19.1 Å². The van der Waals surface area contributed by atoms with Crippen molar-refractivity contribution in [3.63, 3.8) is 0 Å². The Morgan fingerprint density at radius 1 is 1.15 bits per heavy atom. The van der Waals surface area contributed by atoms with E-state index in [1.54, 1.807) is 6.07 Å². The van der Waals surface area contributed by atoms with Gasteiger partial charge in [-0.05, 0) is 43.0 Å². The number of allylic oxidation sites excluding steroid dienone is 1. The van der Waals surface area contributed by atoms with Gasteiger partial charge in [-0.2, -0.15) is 0 Å². The molecule has 27 heavy (non-hydrogen) atoms. The van der Waals surface area contributed by atoms with E-state index in [-0.39, 0.29) is 5.79 Å². The van der Waals surface area contributed by atoms with E-state index in [9.17, 15) is 0 Å². The van der Waals surface area contributed by atoms with Gasteiger partial charge in [0.2, 0.25) is 0 Å². The molecule has 4 rings (SSSR count). The van der Waals surface area contributed by atoms with Crippen LogP contribution in [0.5, 0.6) is 11.6 Å². The maximum absolute atomic E-state index is 7.18. The van der Waals surface area contributed by atoms with Crippen molar-refractivity contribution in [2.24, 2.45) is 0 Å². The van der Waals surface area contributed by atoms with E-state index in [4.69, 9.17) is 20.8 Å². The molecule has 0 radical (unpaired) electrons. The molecule has 2 aliphatic rings. The molecule has 2 aromatic rings. The molecule has 2 fully saturated rings. The minimum atomic E-state index is -0.333. The van der Waals surface area contributed by atoms with Crippen LogP contribution in [0.25, 0.3) is 10.9 Å². The Bertz CT molecular complexity index is 896. The third kappa shape index (κ3) is 4.02. The molecule has 0 unspecified atom stereocenters. The molecule has 138 valence electrons. The molecule has 1 aromatic heterocycles. The van der Waals surface area contributed by atoms with Crippen molar-refractivity contribution in [3.8, 4) is 11.6 Å². The summed E-state index contributed by atoms with van der Waals surface area (Å²) in [5, 5.41) is 0. The molecule has 0 atom stereocenters. The van der Waals surface area contributed by atoms with E-state index in [1.807, 2.05) is 31.2 Å². The Morgan fingerprint density at radius 3 is 2.67 bits per heavy atom. The van der Waals surface area contributed by atoms with Crippen LogP contribution in [0.3, 0.4) is 0 Å². The highest BCUT2D eigenvalue weighted by Crippen LogP contribution is 2.38. The monoisotopic (exact) mass is 362 g/mol. The second-order valence-electron chi connectivity index (χ2n) is 6.99. The highest BCUT2D eigenvalue weighted by atomic mass is 16.7. The fraction of sp³-hybridized carbons (Fsp3) is 0.364. The van der Waals surface area contributed by atoms with Gasteiger partial charge in [0.25, 0.3) is 5.82 Å². The summed E-state index contributed by atoms with van der Waals surface area (Å²) in [5.41, 5.74) is 3.35. The van der Waals surface area contributed by atoms with E-state index < -0.39 is 0 Å². The van der Waals surface area contributed by atoms with Crippen molar-refractivity contribution in [2.75, 3.05) is 13.2 Å². The van der Waals surface area contributed by atoms with Crippen molar-refractivity contribution in [1.82, 2.24) is 4.98 Å². The molecular formula is C22H22N2O3. The van der Waals surface area contributed by atoms with Gasteiger partial charge >= 0.3 is 5.88 Å². The Hall–Kier alpha value is -2.68. The van der Waals surface area contributed by atoms with E-state index in [0.29, 0.717) is 30.7 Å². The first-order valence-corrected chi connectivity index (χ1v) is 9.26. The van der Waals surface area contributed by atoms with Crippen molar-refractivity contribution in [2.45, 2.75) is 38.4 Å². The largest absolute Gasteiger partial charge is 0.421 e. The minimum absolute atomic E-state index is 0.333. The lowest BCUT2D eigenvalue weighted by Gasteiger charge is -2.32. The van der Waals surface area contributed by atoms with Gasteiger partial charge in [0, 0.05) is 18.9 Å². The Labute approximate surface area is 159 Å². The van der Waals surface area contributed by atoms with Crippen molar-refractivity contribution in [1.29, 1.82) is 0 Å². The van der Waals surface area contributed by atoms with Gasteiger partial charge in [-0.3, -0.25) is 0 Å². The highest BCUT2D eigenvalue weighted by molar-refractivity contribution is 5.55. The average molecular weight is 362 g/mol. The zero-order valence-corrected chi connectivity index (χ0v) is 15.4. The second-order valence-corrected chi connectivity index (χ2v) is 6.99. The second kappa shape index (κ2) is 7.51. The molecule has 5 heteroatoms. The maximum Gasteiger partial charge on any atom is 0.314 e. The van der Waals surface area contributed by atoms with Gasteiger partial charge in [0.05, 0.1) is 13.2 Å². The van der Waals surface area contributed by atoms with Crippen LogP contribution in [0.15, 0.2) is 42.0 Å². The molecule has 0 bridgehead atoms. The number of pyridine rings is 1. The summed E-state index contributed by atoms with van der Waals surface area (Å²) in [6.45, 7) is 10.5. The summed E-state index contributed by atoms with van der Waals surface area (Å²) in [5.74, 6) is 1.19. The first kappa shape index (κ1) is 17.7. The molecule has 0 N–H and O–H groups in total. The van der Waals surface area contributed by atoms with Crippen LogP contribution in [0.2, 0.25) is 0 Å². The molecule has 2 heterocycles. The zero-order chi connectivity index (χ0) is 18.7. The minimum Gasteiger partial charge on any atom is -0.421 e. The first-order valence-electron chi connectivity index (χ1n) is 9.26. The molecule has 1 aliphatic carbocycles. The highest BCUT2D eigenvalue weighted by Gasteiger charge is 2.38. The van der Waals surface area contributed by atoms with Crippen LogP contribution >= 0.6 is 0 Å². The van der Waals surface area contributed by atoms with E-state index >= 15 is 0 Å². The Morgan fingerprint density at radius 2 is 1.93 bits per heavy atom. The fourth-order valence-corrected chi connectivity index (χ4v) is 3.58. The maximum atomic E-state index is 7.18. The quantitative estimate of drug-likeness (QED) is 0.683. The summed E-state index contributed by atoms with van der Waals surface area (Å²) < 4.78 is 17.4. The summed E-state index contributed by atoms with van der Waals surface area (Å²) in [6.07, 6.45) is 6.03. The van der Waals surface area contributed by atoms with Crippen molar-refractivity contribution >= 4 is 11.9 Å². The predicted octanol–water partition coefficient (Wildman–Crippen LogP) is 5.43. The summed E-state index contributed by atoms with van der Waals surface area (Å²) >= 11 is 0. The number of nitrogens with zero attached hydrogens (tertiary/aromatic N) is 2. The van der Waals surface area contributed by atoms with Gasteiger partial charge in [-0.1, -0.05) is 41.4 Å². The lowest BCUT2D eigenvalue weighted by molar-refractivity contribution is -0.171. The van der Waals surface area contributed by atoms with Crippen LogP contribution in [-0.2, 0) is 9.47 Å². The number of ether oxygens (including phenoxy) is 3. The van der Waals surface area contributed by atoms with Crippen molar-refractivity contribution in [3.05, 3.63) is 64.5 Å². The average Bonchev–Trinajstić information content (AvgIpc) is 3.14. The number of hydrogen-bond donors (Lipinski definition) is 0. The van der Waals surface area contributed by atoms with Crippen LogP contribution in [-0.4, -0.2) is 24.0 Å². The first-order chi connectivity index (χ1) is 13.2. The van der Waals surface area contributed by atoms with Crippen LogP contribution in [0, 0.1) is 13.5 Å². The topological polar surface area (TPSA) is 44.9 Å². The summed E-state index contributed by atoms with van der Waals surface area (Å²) in [4.78, 5) is 7.68. The van der Waals surface area contributed by atoms with E-state index in [0.717, 1.165) is 36.8 Å². The lowest BCUT2D eigenvalue weighted by Crippen LogP contribution is -2.33. The molecule has 5 nitrogen and oxygen atoms in total. The van der Waals surface area contributed by atoms with Gasteiger partial charge in [0.1, 0.15) is 5.75 Å². The standard InChI is InChI=1S/C22H22N2O3/c1-16-6-7-20(24-21(16)23-2)27-19-5-3-4-18(15-19)14-17-8-10-22(11-9-17)25-12-13-26-22/h3-7,14-15H,8-13H2,1H3. The number of hydrogen-bond acceptors (Lipinski definition) is 4. The van der Waals surface area contributed by atoms with Crippen LogP contribution in [0.1, 0.15) is 36.8 Å². The van der Waals surface area contributed by atoms with Crippen LogP contribution < -0.4 is 4.74 Å². The Kier molecular flexibility index (Phi) is 4.93. The summed E-state index contributed by atoms with van der Waals surface area (Å²) in [6, 6.07) is 11.6. The molecule has 1 aliphatic heterocycles. The predicted molar refractivity (Wildman–Crippen MR) is 103 cm³/mol. The number of benzene rings is 1. The van der Waals surface area contributed by atoms with E-state index in [1.165, 1.54) is 5.57 Å². The molecule has 1 spiro atoms. The molecule has 0 amide bonds. The zero-order valence-electron chi connectivity index (χ0n) is 15.4. The van der Waals surface area contributed by atoms with Gasteiger partial charge in [0.15, 0.2) is 5.79 Å². The molecule has 1 saturated carbocycles. The third-order valence-electron chi connectivity index (χ3n) is 5.07. The number of aryl methyl sites for hydroxylation is 1. The van der Waals surface area contributed by atoms with Crippen LogP contribution in [0.4, 0.5) is 5.82 Å². The SMILES string of the molecule is [C-]#[N+]c1nc(Oc2cccc(C=C3CCC4(CC3)OCCO4)c2)ccc1C. The number of aromatic nitrogens is 1. The molecule has 1 saturated heterocycles. The molecular weight excluding hydrogens is 340 g/mol. The lowest BCUT2D eigenvalue weighted by atomic mass is 9.88. The normalized spacial score (nSPS) is 18.3. The Balaban J connectivity index is 1.46. The van der Waals surface area contributed by atoms with Gasteiger partial charge in [-0.15, -0.1) is 0 Å². The third-order valence-corrected chi connectivity index (χ3v) is 5.07. The summed E-state index contributed by atoms with van der Waals surface area (Å²) in [7, 11) is 0. The van der Waals surface area contributed by atoms with E-state index in [2.05, 4.69) is 22.0 Å². The smallest absolute Gasteiger partial charge is 0.314 e. The van der Waals surface area contributed by atoms with Crippen molar-refractivity contribution < 1.29 is 14.2 Å². The molecule has 1 aromatic carbocycles.